The predicted molar refractivity (Wildman–Crippen MR) is 59.4 cm³/mol. The molecule has 1 unspecified atom stereocenters. The van der Waals surface area contributed by atoms with Crippen LogP contribution in [0.5, 0.6) is 0 Å². The highest BCUT2D eigenvalue weighted by Crippen LogP contribution is 2.28. The molecule has 1 aliphatic carbocycles. The van der Waals surface area contributed by atoms with Crippen molar-refractivity contribution in [3.63, 3.8) is 0 Å². The average Bonchev–Trinajstić information content (AvgIpc) is 2.97. The monoisotopic (exact) mass is 277 g/mol. The van der Waals surface area contributed by atoms with E-state index in [1.807, 2.05) is 0 Å². The standard InChI is InChI=1S/C11H14F3N3O2/c12-11(13,14)7-5-15-17(6-7)4-3-9(10(18)19)16-8-1-2-8/h5-6,8-9,16H,1-4H2,(H,18,19). The Morgan fingerprint density at radius 2 is 2.26 bits per heavy atom. The molecule has 5 nitrogen and oxygen atoms in total. The van der Waals surface area contributed by atoms with E-state index in [0.29, 0.717) is 0 Å². The molecule has 1 heterocycles. The van der Waals surface area contributed by atoms with Gasteiger partial charge in [0.15, 0.2) is 0 Å². The van der Waals surface area contributed by atoms with Crippen LogP contribution in [0.1, 0.15) is 24.8 Å². The van der Waals surface area contributed by atoms with Crippen LogP contribution in [0.4, 0.5) is 13.2 Å². The summed E-state index contributed by atoms with van der Waals surface area (Å²) in [6, 6.07) is -0.518. The molecule has 0 saturated heterocycles. The fraction of sp³-hybridized carbons (Fsp3) is 0.636. The number of aliphatic carboxylic acids is 1. The van der Waals surface area contributed by atoms with E-state index in [4.69, 9.17) is 5.11 Å². The largest absolute Gasteiger partial charge is 0.480 e. The molecule has 1 atom stereocenters. The molecule has 1 aromatic heterocycles. The van der Waals surface area contributed by atoms with E-state index < -0.39 is 23.8 Å². The molecule has 19 heavy (non-hydrogen) atoms. The van der Waals surface area contributed by atoms with E-state index in [2.05, 4.69) is 10.4 Å². The Balaban J connectivity index is 1.89. The molecule has 1 aliphatic rings. The number of halogens is 3. The number of rotatable bonds is 6. The second kappa shape index (κ2) is 5.20. The molecular weight excluding hydrogens is 263 g/mol. The molecular formula is C11H14F3N3O2. The summed E-state index contributed by atoms with van der Waals surface area (Å²) in [5.74, 6) is -0.991. The van der Waals surface area contributed by atoms with E-state index in [9.17, 15) is 18.0 Å². The van der Waals surface area contributed by atoms with Crippen LogP contribution in [-0.4, -0.2) is 32.9 Å². The van der Waals surface area contributed by atoms with Gasteiger partial charge in [-0.3, -0.25) is 9.48 Å². The number of alkyl halides is 3. The van der Waals surface area contributed by atoms with E-state index >= 15 is 0 Å². The molecule has 0 spiro atoms. The fourth-order valence-electron chi connectivity index (χ4n) is 1.71. The Morgan fingerprint density at radius 3 is 2.74 bits per heavy atom. The summed E-state index contributed by atoms with van der Waals surface area (Å²) >= 11 is 0. The topological polar surface area (TPSA) is 67.1 Å². The lowest BCUT2D eigenvalue weighted by Crippen LogP contribution is -2.38. The van der Waals surface area contributed by atoms with Crippen LogP contribution in [-0.2, 0) is 17.5 Å². The van der Waals surface area contributed by atoms with Gasteiger partial charge in [0.2, 0.25) is 0 Å². The second-order valence-electron chi connectivity index (χ2n) is 4.61. The minimum atomic E-state index is -4.42. The maximum atomic E-state index is 12.3. The van der Waals surface area contributed by atoms with Gasteiger partial charge in [0.05, 0.1) is 11.8 Å². The summed E-state index contributed by atoms with van der Waals surface area (Å²) in [6.45, 7) is 0.132. The number of nitrogens with zero attached hydrogens (tertiary/aromatic N) is 2. The summed E-state index contributed by atoms with van der Waals surface area (Å²) in [5, 5.41) is 15.5. The third kappa shape index (κ3) is 3.95. The van der Waals surface area contributed by atoms with Gasteiger partial charge in [0.25, 0.3) is 0 Å². The quantitative estimate of drug-likeness (QED) is 0.827. The number of aryl methyl sites for hydroxylation is 1. The van der Waals surface area contributed by atoms with Crippen molar-refractivity contribution in [2.45, 2.75) is 44.1 Å². The molecule has 0 aromatic carbocycles. The van der Waals surface area contributed by atoms with Crippen LogP contribution in [0.3, 0.4) is 0 Å². The number of hydrogen-bond acceptors (Lipinski definition) is 3. The Labute approximate surface area is 107 Å². The summed E-state index contributed by atoms with van der Waals surface area (Å²) in [4.78, 5) is 11.0. The first-order chi connectivity index (χ1) is 8.86. The van der Waals surface area contributed by atoms with Crippen LogP contribution in [0, 0.1) is 0 Å². The molecule has 0 radical (unpaired) electrons. The molecule has 1 fully saturated rings. The lowest BCUT2D eigenvalue weighted by Gasteiger charge is -2.13. The van der Waals surface area contributed by atoms with Crippen molar-refractivity contribution in [3.8, 4) is 0 Å². The second-order valence-corrected chi connectivity index (χ2v) is 4.61. The molecule has 0 aliphatic heterocycles. The van der Waals surface area contributed by atoms with Crippen molar-refractivity contribution in [1.29, 1.82) is 0 Å². The van der Waals surface area contributed by atoms with Gasteiger partial charge in [-0.15, -0.1) is 0 Å². The first kappa shape index (κ1) is 13.9. The lowest BCUT2D eigenvalue weighted by molar-refractivity contribution is -0.140. The third-order valence-electron chi connectivity index (χ3n) is 2.92. The number of hydrogen-bond donors (Lipinski definition) is 2. The zero-order valence-electron chi connectivity index (χ0n) is 10.0. The zero-order valence-corrected chi connectivity index (χ0v) is 10.0. The summed E-state index contributed by atoms with van der Waals surface area (Å²) in [5.41, 5.74) is -0.825. The highest BCUT2D eigenvalue weighted by molar-refractivity contribution is 5.73. The van der Waals surface area contributed by atoms with E-state index in [-0.39, 0.29) is 19.0 Å². The molecule has 2 N–H and O–H groups in total. The fourth-order valence-corrected chi connectivity index (χ4v) is 1.71. The summed E-state index contributed by atoms with van der Waals surface area (Å²) in [6.07, 6.45) is -0.699. The van der Waals surface area contributed by atoms with Gasteiger partial charge in [-0.1, -0.05) is 0 Å². The van der Waals surface area contributed by atoms with Crippen molar-refractivity contribution in [2.75, 3.05) is 0 Å². The van der Waals surface area contributed by atoms with Crippen LogP contribution >= 0.6 is 0 Å². The number of aromatic nitrogens is 2. The van der Waals surface area contributed by atoms with Gasteiger partial charge < -0.3 is 10.4 Å². The summed E-state index contributed by atoms with van der Waals surface area (Å²) in [7, 11) is 0. The lowest BCUT2D eigenvalue weighted by atomic mass is 10.2. The molecule has 0 amide bonds. The van der Waals surface area contributed by atoms with Crippen molar-refractivity contribution in [3.05, 3.63) is 18.0 Å². The average molecular weight is 277 g/mol. The molecule has 1 aromatic rings. The highest BCUT2D eigenvalue weighted by Gasteiger charge is 2.32. The van der Waals surface area contributed by atoms with Gasteiger partial charge in [-0.05, 0) is 19.3 Å². The molecule has 0 bridgehead atoms. The van der Waals surface area contributed by atoms with E-state index in [1.54, 1.807) is 0 Å². The van der Waals surface area contributed by atoms with Gasteiger partial charge in [-0.25, -0.2) is 0 Å². The van der Waals surface area contributed by atoms with Crippen LogP contribution in [0.25, 0.3) is 0 Å². The highest BCUT2D eigenvalue weighted by atomic mass is 19.4. The van der Waals surface area contributed by atoms with Gasteiger partial charge in [0.1, 0.15) is 6.04 Å². The number of carboxylic acid groups (broad SMARTS) is 1. The van der Waals surface area contributed by atoms with E-state index in [0.717, 1.165) is 29.9 Å². The van der Waals surface area contributed by atoms with Crippen molar-refractivity contribution < 1.29 is 23.1 Å². The van der Waals surface area contributed by atoms with Crippen LogP contribution in [0.15, 0.2) is 12.4 Å². The molecule has 106 valence electrons. The van der Waals surface area contributed by atoms with Gasteiger partial charge in [-0.2, -0.15) is 18.3 Å². The van der Waals surface area contributed by atoms with Crippen molar-refractivity contribution >= 4 is 5.97 Å². The van der Waals surface area contributed by atoms with Crippen molar-refractivity contribution in [2.24, 2.45) is 0 Å². The SMILES string of the molecule is O=C(O)C(CCn1cc(C(F)(F)F)cn1)NC1CC1. The predicted octanol–water partition coefficient (Wildman–Crippen LogP) is 1.50. The Morgan fingerprint density at radius 1 is 1.58 bits per heavy atom. The van der Waals surface area contributed by atoms with Crippen LogP contribution in [0.2, 0.25) is 0 Å². The smallest absolute Gasteiger partial charge is 0.419 e. The molecule has 8 heteroatoms. The van der Waals surface area contributed by atoms with E-state index in [1.165, 1.54) is 0 Å². The molecule has 2 rings (SSSR count). The number of nitrogens with one attached hydrogen (secondary N) is 1. The summed E-state index contributed by atoms with van der Waals surface area (Å²) < 4.78 is 38.2. The first-order valence-corrected chi connectivity index (χ1v) is 5.95. The minimum absolute atomic E-state index is 0.132. The van der Waals surface area contributed by atoms with Gasteiger partial charge >= 0.3 is 12.1 Å². The van der Waals surface area contributed by atoms with Crippen molar-refractivity contribution in [1.82, 2.24) is 15.1 Å². The zero-order chi connectivity index (χ0) is 14.0. The molecule has 1 saturated carbocycles. The maximum absolute atomic E-state index is 12.3. The third-order valence-corrected chi connectivity index (χ3v) is 2.92. The Bertz CT molecular complexity index is 454. The van der Waals surface area contributed by atoms with Crippen LogP contribution < -0.4 is 5.32 Å². The minimum Gasteiger partial charge on any atom is -0.480 e. The maximum Gasteiger partial charge on any atom is 0.419 e. The Hall–Kier alpha value is -1.57. The Kier molecular flexibility index (Phi) is 3.79. The normalized spacial score (nSPS) is 17.4. The first-order valence-electron chi connectivity index (χ1n) is 5.95. The number of carboxylic acids is 1. The van der Waals surface area contributed by atoms with Gasteiger partial charge in [0, 0.05) is 18.8 Å². The number of carbonyl (C=O) groups is 1.